The van der Waals surface area contributed by atoms with Crippen molar-refractivity contribution in [3.8, 4) is 23.0 Å². The fourth-order valence-electron chi connectivity index (χ4n) is 3.90. The van der Waals surface area contributed by atoms with Gasteiger partial charge in [0, 0.05) is 11.1 Å². The molecule has 0 aliphatic heterocycles. The second-order valence-corrected chi connectivity index (χ2v) is 9.16. The van der Waals surface area contributed by atoms with E-state index in [1.807, 2.05) is 46.8 Å². The molecule has 0 saturated heterocycles. The fraction of sp³-hybridized carbons (Fsp3) is 0.321. The molecule has 0 saturated carbocycles. The van der Waals surface area contributed by atoms with Crippen LogP contribution in [0.5, 0.6) is 23.0 Å². The van der Waals surface area contributed by atoms with Crippen LogP contribution in [0, 0.1) is 0 Å². The Labute approximate surface area is 198 Å². The van der Waals surface area contributed by atoms with E-state index in [1.54, 1.807) is 0 Å². The molecule has 3 aromatic rings. The monoisotopic (exact) mass is 464 g/mol. The van der Waals surface area contributed by atoms with Gasteiger partial charge >= 0.3 is 0 Å². The molecule has 0 fully saturated rings. The van der Waals surface area contributed by atoms with Gasteiger partial charge in [-0.3, -0.25) is 4.79 Å². The molecule has 2 aromatic carbocycles. The van der Waals surface area contributed by atoms with Crippen molar-refractivity contribution in [2.24, 2.45) is 0 Å². The zero-order valence-electron chi connectivity index (χ0n) is 20.3. The van der Waals surface area contributed by atoms with Crippen LogP contribution >= 0.6 is 0 Å². The third-order valence-corrected chi connectivity index (χ3v) is 5.83. The van der Waals surface area contributed by atoms with Crippen LogP contribution in [0.2, 0.25) is 0 Å². The molecule has 0 aliphatic carbocycles. The zero-order valence-corrected chi connectivity index (χ0v) is 20.3. The number of phenols is 4. The average molecular weight is 465 g/mol. The van der Waals surface area contributed by atoms with Gasteiger partial charge in [0.2, 0.25) is 5.43 Å². The van der Waals surface area contributed by atoms with Gasteiger partial charge in [0.15, 0.2) is 11.3 Å². The number of benzene rings is 2. The highest BCUT2D eigenvalue weighted by molar-refractivity contribution is 6.00. The van der Waals surface area contributed by atoms with Crippen molar-refractivity contribution in [3.05, 3.63) is 68.4 Å². The summed E-state index contributed by atoms with van der Waals surface area (Å²) in [5, 5.41) is 42.4. The van der Waals surface area contributed by atoms with Crippen molar-refractivity contribution < 1.29 is 24.8 Å². The number of fused-ring (bicyclic) bond motifs is 2. The van der Waals surface area contributed by atoms with Crippen LogP contribution in [0.25, 0.3) is 21.9 Å². The molecule has 34 heavy (non-hydrogen) atoms. The van der Waals surface area contributed by atoms with E-state index in [0.717, 1.165) is 24.0 Å². The highest BCUT2D eigenvalue weighted by Gasteiger charge is 2.25. The molecule has 6 heteroatoms. The topological polar surface area (TPSA) is 111 Å². The number of aromatic hydroxyl groups is 4. The van der Waals surface area contributed by atoms with E-state index in [0.29, 0.717) is 5.56 Å². The first-order valence-electron chi connectivity index (χ1n) is 11.3. The van der Waals surface area contributed by atoms with Gasteiger partial charge in [-0.25, -0.2) is 0 Å². The van der Waals surface area contributed by atoms with Crippen molar-refractivity contribution >= 4 is 21.9 Å². The van der Waals surface area contributed by atoms with Gasteiger partial charge in [0.1, 0.15) is 33.6 Å². The summed E-state index contributed by atoms with van der Waals surface area (Å²) in [4.78, 5) is 13.4. The lowest BCUT2D eigenvalue weighted by atomic mass is 9.95. The van der Waals surface area contributed by atoms with Gasteiger partial charge in [0.05, 0.1) is 0 Å². The van der Waals surface area contributed by atoms with E-state index in [4.69, 9.17) is 4.42 Å². The molecule has 1 heterocycles. The summed E-state index contributed by atoms with van der Waals surface area (Å²) in [6.07, 6.45) is 8.17. The predicted octanol–water partition coefficient (Wildman–Crippen LogP) is 6.51. The maximum atomic E-state index is 13.4. The van der Waals surface area contributed by atoms with E-state index in [9.17, 15) is 25.2 Å². The van der Waals surface area contributed by atoms with Crippen molar-refractivity contribution in [2.75, 3.05) is 0 Å². The Balaban J connectivity index is 2.28. The SMILES string of the molecule is CC(C)=CCC/C(C)=C/Cc1c(O)c(CC=C(C)C)c2oc3c(O)ccc(O)c3c(=O)c2c1O. The molecular weight excluding hydrogens is 432 g/mol. The Morgan fingerprint density at radius 1 is 0.765 bits per heavy atom. The van der Waals surface area contributed by atoms with E-state index in [1.165, 1.54) is 17.7 Å². The minimum absolute atomic E-state index is 0.0149. The minimum Gasteiger partial charge on any atom is -0.507 e. The molecule has 3 rings (SSSR count). The average Bonchev–Trinajstić information content (AvgIpc) is 2.75. The minimum atomic E-state index is -0.675. The van der Waals surface area contributed by atoms with Gasteiger partial charge in [-0.15, -0.1) is 0 Å². The highest BCUT2D eigenvalue weighted by Crippen LogP contribution is 2.42. The van der Waals surface area contributed by atoms with Crippen LogP contribution in [0.3, 0.4) is 0 Å². The molecule has 180 valence electrons. The second kappa shape index (κ2) is 10.1. The largest absolute Gasteiger partial charge is 0.507 e. The van der Waals surface area contributed by atoms with Gasteiger partial charge < -0.3 is 24.8 Å². The summed E-state index contributed by atoms with van der Waals surface area (Å²) in [5.74, 6) is -1.23. The molecule has 6 nitrogen and oxygen atoms in total. The predicted molar refractivity (Wildman–Crippen MR) is 136 cm³/mol. The zero-order chi connectivity index (χ0) is 25.2. The van der Waals surface area contributed by atoms with Crippen molar-refractivity contribution in [1.29, 1.82) is 0 Å². The molecule has 1 aromatic heterocycles. The second-order valence-electron chi connectivity index (χ2n) is 9.16. The summed E-state index contributed by atoms with van der Waals surface area (Å²) in [7, 11) is 0. The molecule has 0 amide bonds. The molecule has 4 N–H and O–H groups in total. The summed E-state index contributed by atoms with van der Waals surface area (Å²) >= 11 is 0. The summed E-state index contributed by atoms with van der Waals surface area (Å²) in [6.45, 7) is 9.90. The van der Waals surface area contributed by atoms with Crippen molar-refractivity contribution in [2.45, 2.75) is 60.3 Å². The van der Waals surface area contributed by atoms with Gasteiger partial charge in [-0.1, -0.05) is 34.9 Å². The fourth-order valence-corrected chi connectivity index (χ4v) is 3.90. The quantitative estimate of drug-likeness (QED) is 0.180. The van der Waals surface area contributed by atoms with Crippen LogP contribution in [0.15, 0.2) is 56.3 Å². The van der Waals surface area contributed by atoms with E-state index < -0.39 is 5.43 Å². The number of phenolic OH excluding ortho intramolecular Hbond substituents is 4. The molecule has 0 aliphatic rings. The number of hydrogen-bond donors (Lipinski definition) is 4. The standard InChI is InChI=1S/C28H32O6/c1-15(2)7-6-8-17(5)10-12-18-24(31)19(11-9-16(3)4)27-23(25(18)32)26(33)22-20(29)13-14-21(30)28(22)34-27/h7,9-10,13-14,29-32H,6,8,11-12H2,1-5H3/b17-10+. The van der Waals surface area contributed by atoms with Crippen LogP contribution in [-0.2, 0) is 12.8 Å². The molecule has 0 unspecified atom stereocenters. The lowest BCUT2D eigenvalue weighted by molar-refractivity contribution is 0.437. The van der Waals surface area contributed by atoms with Crippen LogP contribution in [-0.4, -0.2) is 20.4 Å². The first-order valence-corrected chi connectivity index (χ1v) is 11.3. The Hall–Kier alpha value is -3.67. The van der Waals surface area contributed by atoms with E-state index >= 15 is 0 Å². The molecule has 0 spiro atoms. The third-order valence-electron chi connectivity index (χ3n) is 5.83. The number of rotatable bonds is 7. The maximum Gasteiger partial charge on any atom is 0.208 e. The van der Waals surface area contributed by atoms with E-state index in [2.05, 4.69) is 6.08 Å². The first kappa shape index (κ1) is 25.0. The van der Waals surface area contributed by atoms with Crippen molar-refractivity contribution in [3.63, 3.8) is 0 Å². The Morgan fingerprint density at radius 3 is 2.03 bits per heavy atom. The van der Waals surface area contributed by atoms with Crippen LogP contribution in [0.4, 0.5) is 0 Å². The summed E-state index contributed by atoms with van der Waals surface area (Å²) in [5.41, 5.74) is 3.01. The Morgan fingerprint density at radius 2 is 1.38 bits per heavy atom. The summed E-state index contributed by atoms with van der Waals surface area (Å²) in [6, 6.07) is 2.42. The lowest BCUT2D eigenvalue weighted by Crippen LogP contribution is -2.06. The highest BCUT2D eigenvalue weighted by atomic mass is 16.4. The maximum absolute atomic E-state index is 13.4. The Kier molecular flexibility index (Phi) is 7.40. The Bertz CT molecular complexity index is 1390. The van der Waals surface area contributed by atoms with Gasteiger partial charge in [-0.05, 0) is 72.4 Å². The van der Waals surface area contributed by atoms with Gasteiger partial charge in [0.25, 0.3) is 0 Å². The van der Waals surface area contributed by atoms with E-state index in [-0.39, 0.29) is 63.3 Å². The molecule has 0 atom stereocenters. The van der Waals surface area contributed by atoms with Crippen LogP contribution < -0.4 is 5.43 Å². The smallest absolute Gasteiger partial charge is 0.208 e. The normalized spacial score (nSPS) is 11.7. The lowest BCUT2D eigenvalue weighted by Gasteiger charge is -2.15. The molecular formula is C28H32O6. The third kappa shape index (κ3) is 4.96. The van der Waals surface area contributed by atoms with Gasteiger partial charge in [-0.2, -0.15) is 0 Å². The number of hydrogen-bond acceptors (Lipinski definition) is 6. The molecule has 0 radical (unpaired) electrons. The van der Waals surface area contributed by atoms with Crippen molar-refractivity contribution in [1.82, 2.24) is 0 Å². The first-order chi connectivity index (χ1) is 16.0. The van der Waals surface area contributed by atoms with Crippen LogP contribution in [0.1, 0.15) is 58.6 Å². The number of allylic oxidation sites excluding steroid dienone is 6. The molecule has 0 bridgehead atoms. The summed E-state index contributed by atoms with van der Waals surface area (Å²) < 4.78 is 5.84.